The van der Waals surface area contributed by atoms with E-state index in [2.05, 4.69) is 41.4 Å². The molecule has 0 saturated carbocycles. The van der Waals surface area contributed by atoms with Crippen LogP contribution in [0, 0.1) is 0 Å². The fourth-order valence-corrected chi connectivity index (χ4v) is 1.75. The third-order valence-electron chi connectivity index (χ3n) is 2.81. The van der Waals surface area contributed by atoms with Crippen LogP contribution in [-0.4, -0.2) is 21.3 Å². The molecular formula is C14H20N4. The van der Waals surface area contributed by atoms with E-state index in [4.69, 9.17) is 0 Å². The second kappa shape index (κ2) is 6.31. The van der Waals surface area contributed by atoms with Gasteiger partial charge < -0.3 is 5.32 Å². The molecule has 2 heterocycles. The molecule has 4 heteroatoms. The van der Waals surface area contributed by atoms with Gasteiger partial charge >= 0.3 is 0 Å². The average molecular weight is 244 g/mol. The SMILES string of the molecule is CC(C)n1ccc(CNCCc2cccnc2)n1. The summed E-state index contributed by atoms with van der Waals surface area (Å²) in [5, 5.41) is 7.89. The second-order valence-electron chi connectivity index (χ2n) is 4.67. The lowest BCUT2D eigenvalue weighted by molar-refractivity contribution is 0.521. The lowest BCUT2D eigenvalue weighted by Crippen LogP contribution is -2.17. The molecule has 0 aromatic carbocycles. The fourth-order valence-electron chi connectivity index (χ4n) is 1.75. The Labute approximate surface area is 108 Å². The maximum Gasteiger partial charge on any atom is 0.0762 e. The maximum absolute atomic E-state index is 4.50. The molecule has 4 nitrogen and oxygen atoms in total. The smallest absolute Gasteiger partial charge is 0.0762 e. The van der Waals surface area contributed by atoms with E-state index in [9.17, 15) is 0 Å². The number of pyridine rings is 1. The summed E-state index contributed by atoms with van der Waals surface area (Å²) >= 11 is 0. The van der Waals surface area contributed by atoms with Crippen molar-refractivity contribution < 1.29 is 0 Å². The first-order valence-corrected chi connectivity index (χ1v) is 6.39. The number of hydrogen-bond acceptors (Lipinski definition) is 3. The van der Waals surface area contributed by atoms with Gasteiger partial charge in [0.05, 0.1) is 5.69 Å². The van der Waals surface area contributed by atoms with Crippen LogP contribution in [0.25, 0.3) is 0 Å². The molecule has 18 heavy (non-hydrogen) atoms. The van der Waals surface area contributed by atoms with Gasteiger partial charge in [-0.1, -0.05) is 6.07 Å². The van der Waals surface area contributed by atoms with Gasteiger partial charge in [0.25, 0.3) is 0 Å². The molecule has 2 rings (SSSR count). The van der Waals surface area contributed by atoms with Gasteiger partial charge in [0.15, 0.2) is 0 Å². The molecule has 0 atom stereocenters. The van der Waals surface area contributed by atoms with Crippen molar-refractivity contribution in [2.24, 2.45) is 0 Å². The maximum atomic E-state index is 4.50. The molecular weight excluding hydrogens is 224 g/mol. The quantitative estimate of drug-likeness (QED) is 0.792. The topological polar surface area (TPSA) is 42.7 Å². The van der Waals surface area contributed by atoms with Crippen molar-refractivity contribution in [3.8, 4) is 0 Å². The molecule has 96 valence electrons. The molecule has 0 spiro atoms. The minimum Gasteiger partial charge on any atom is -0.311 e. The zero-order valence-electron chi connectivity index (χ0n) is 11.0. The van der Waals surface area contributed by atoms with Crippen molar-refractivity contribution >= 4 is 0 Å². The van der Waals surface area contributed by atoms with Crippen LogP contribution in [0.3, 0.4) is 0 Å². The molecule has 2 aromatic rings. The van der Waals surface area contributed by atoms with Crippen LogP contribution in [0.5, 0.6) is 0 Å². The Morgan fingerprint density at radius 3 is 2.89 bits per heavy atom. The van der Waals surface area contributed by atoms with Crippen molar-refractivity contribution in [2.45, 2.75) is 32.9 Å². The Morgan fingerprint density at radius 1 is 1.33 bits per heavy atom. The van der Waals surface area contributed by atoms with E-state index in [1.807, 2.05) is 23.1 Å². The molecule has 0 unspecified atom stereocenters. The first-order valence-electron chi connectivity index (χ1n) is 6.39. The van der Waals surface area contributed by atoms with E-state index in [1.165, 1.54) is 5.56 Å². The van der Waals surface area contributed by atoms with Crippen LogP contribution in [0.2, 0.25) is 0 Å². The predicted molar refractivity (Wildman–Crippen MR) is 72.3 cm³/mol. The number of hydrogen-bond donors (Lipinski definition) is 1. The van der Waals surface area contributed by atoms with E-state index in [1.54, 1.807) is 6.20 Å². The minimum absolute atomic E-state index is 0.425. The van der Waals surface area contributed by atoms with Gasteiger partial charge in [-0.05, 0) is 44.5 Å². The summed E-state index contributed by atoms with van der Waals surface area (Å²) in [6.45, 7) is 6.03. The zero-order valence-corrected chi connectivity index (χ0v) is 11.0. The molecule has 0 aliphatic rings. The lowest BCUT2D eigenvalue weighted by atomic mass is 10.2. The third-order valence-corrected chi connectivity index (χ3v) is 2.81. The van der Waals surface area contributed by atoms with Gasteiger partial charge in [-0.15, -0.1) is 0 Å². The molecule has 0 aliphatic carbocycles. The monoisotopic (exact) mass is 244 g/mol. The highest BCUT2D eigenvalue weighted by molar-refractivity contribution is 5.08. The predicted octanol–water partition coefficient (Wildman–Crippen LogP) is 2.19. The molecule has 2 aromatic heterocycles. The number of aromatic nitrogens is 3. The Hall–Kier alpha value is -1.68. The summed E-state index contributed by atoms with van der Waals surface area (Å²) in [7, 11) is 0. The molecule has 0 bridgehead atoms. The van der Waals surface area contributed by atoms with Crippen molar-refractivity contribution in [2.75, 3.05) is 6.54 Å². The largest absolute Gasteiger partial charge is 0.311 e. The van der Waals surface area contributed by atoms with Gasteiger partial charge in [-0.2, -0.15) is 5.10 Å². The molecule has 0 radical (unpaired) electrons. The Morgan fingerprint density at radius 2 is 2.22 bits per heavy atom. The average Bonchev–Trinajstić information content (AvgIpc) is 2.85. The summed E-state index contributed by atoms with van der Waals surface area (Å²) in [5.41, 5.74) is 2.35. The van der Waals surface area contributed by atoms with Crippen LogP contribution in [0.4, 0.5) is 0 Å². The van der Waals surface area contributed by atoms with Gasteiger partial charge in [-0.3, -0.25) is 9.67 Å². The van der Waals surface area contributed by atoms with E-state index in [0.29, 0.717) is 6.04 Å². The van der Waals surface area contributed by atoms with Crippen LogP contribution in [-0.2, 0) is 13.0 Å². The summed E-state index contributed by atoms with van der Waals surface area (Å²) < 4.78 is 1.98. The lowest BCUT2D eigenvalue weighted by Gasteiger charge is -2.05. The summed E-state index contributed by atoms with van der Waals surface area (Å²) in [6, 6.07) is 6.56. The van der Waals surface area contributed by atoms with Gasteiger partial charge in [0, 0.05) is 31.2 Å². The first-order chi connectivity index (χ1) is 8.75. The van der Waals surface area contributed by atoms with Gasteiger partial charge in [0.1, 0.15) is 0 Å². The number of rotatable bonds is 6. The summed E-state index contributed by atoms with van der Waals surface area (Å²) in [6.07, 6.45) is 6.74. The van der Waals surface area contributed by atoms with Crippen LogP contribution in [0.1, 0.15) is 31.1 Å². The summed E-state index contributed by atoms with van der Waals surface area (Å²) in [5.74, 6) is 0. The molecule has 1 N–H and O–H groups in total. The molecule has 0 saturated heterocycles. The van der Waals surface area contributed by atoms with Crippen molar-refractivity contribution in [1.29, 1.82) is 0 Å². The molecule has 0 aliphatic heterocycles. The standard InChI is InChI=1S/C14H20N4/c1-12(2)18-9-6-14(17-18)11-16-8-5-13-4-3-7-15-10-13/h3-4,6-7,9-10,12,16H,5,8,11H2,1-2H3. The van der Waals surface area contributed by atoms with Crippen molar-refractivity contribution in [3.05, 3.63) is 48.0 Å². The highest BCUT2D eigenvalue weighted by Gasteiger charge is 2.01. The molecule has 0 amide bonds. The van der Waals surface area contributed by atoms with E-state index in [0.717, 1.165) is 25.2 Å². The Kier molecular flexibility index (Phi) is 4.47. The van der Waals surface area contributed by atoms with Gasteiger partial charge in [0.2, 0.25) is 0 Å². The van der Waals surface area contributed by atoms with Crippen LogP contribution in [0.15, 0.2) is 36.8 Å². The first kappa shape index (κ1) is 12.8. The minimum atomic E-state index is 0.425. The number of nitrogens with one attached hydrogen (secondary N) is 1. The highest BCUT2D eigenvalue weighted by Crippen LogP contribution is 2.03. The third kappa shape index (κ3) is 3.67. The highest BCUT2D eigenvalue weighted by atomic mass is 15.3. The van der Waals surface area contributed by atoms with E-state index in [-0.39, 0.29) is 0 Å². The molecule has 0 fully saturated rings. The zero-order chi connectivity index (χ0) is 12.8. The number of nitrogens with zero attached hydrogens (tertiary/aromatic N) is 3. The van der Waals surface area contributed by atoms with Crippen LogP contribution >= 0.6 is 0 Å². The second-order valence-corrected chi connectivity index (χ2v) is 4.67. The van der Waals surface area contributed by atoms with Gasteiger partial charge in [-0.25, -0.2) is 0 Å². The fraction of sp³-hybridized carbons (Fsp3) is 0.429. The Bertz CT molecular complexity index is 462. The van der Waals surface area contributed by atoms with E-state index >= 15 is 0 Å². The summed E-state index contributed by atoms with van der Waals surface area (Å²) in [4.78, 5) is 4.10. The van der Waals surface area contributed by atoms with Crippen molar-refractivity contribution in [1.82, 2.24) is 20.1 Å². The van der Waals surface area contributed by atoms with Crippen LogP contribution < -0.4 is 5.32 Å². The Balaban J connectivity index is 1.72. The van der Waals surface area contributed by atoms with Crippen molar-refractivity contribution in [3.63, 3.8) is 0 Å². The normalized spacial score (nSPS) is 11.1. The van der Waals surface area contributed by atoms with E-state index < -0.39 is 0 Å².